The van der Waals surface area contributed by atoms with Crippen LogP contribution < -0.4 is 4.74 Å². The number of halogens is 3. The number of aliphatic carboxylic acids is 1. The lowest BCUT2D eigenvalue weighted by Gasteiger charge is -2.33. The summed E-state index contributed by atoms with van der Waals surface area (Å²) in [4.78, 5) is 25.8. The van der Waals surface area contributed by atoms with E-state index in [1.807, 2.05) is 0 Å². The van der Waals surface area contributed by atoms with Crippen LogP contribution in [-0.2, 0) is 20.7 Å². The number of amides is 1. The van der Waals surface area contributed by atoms with Gasteiger partial charge in [0.05, 0.1) is 12.0 Å². The van der Waals surface area contributed by atoms with Crippen molar-refractivity contribution in [3.63, 3.8) is 0 Å². The maximum atomic E-state index is 12.5. The Bertz CT molecular complexity index is 706. The number of carboxylic acid groups (broad SMARTS) is 1. The number of benzene rings is 1. The van der Waals surface area contributed by atoms with Gasteiger partial charge in [-0.2, -0.15) is 0 Å². The van der Waals surface area contributed by atoms with Gasteiger partial charge in [0.25, 0.3) is 0 Å². The molecular formula is C18H20F3NO5. The first-order valence-electron chi connectivity index (χ1n) is 8.63. The second-order valence-electron chi connectivity index (χ2n) is 6.95. The van der Waals surface area contributed by atoms with E-state index < -0.39 is 17.7 Å². The summed E-state index contributed by atoms with van der Waals surface area (Å²) in [5.74, 6) is -1.59. The molecule has 2 fully saturated rings. The third kappa shape index (κ3) is 4.35. The number of aryl methyl sites for hydroxylation is 1. The topological polar surface area (TPSA) is 76.1 Å². The Morgan fingerprint density at radius 2 is 2.00 bits per heavy atom. The Morgan fingerprint density at radius 3 is 2.59 bits per heavy atom. The number of hydrogen-bond donors (Lipinski definition) is 1. The smallest absolute Gasteiger partial charge is 0.481 e. The molecule has 2 aliphatic heterocycles. The highest BCUT2D eigenvalue weighted by Crippen LogP contribution is 2.42. The van der Waals surface area contributed by atoms with Crippen molar-refractivity contribution in [3.05, 3.63) is 29.8 Å². The molecule has 3 rings (SSSR count). The average Bonchev–Trinajstić information content (AvgIpc) is 3.01. The zero-order chi connectivity index (χ0) is 19.7. The van der Waals surface area contributed by atoms with E-state index in [2.05, 4.69) is 4.74 Å². The molecule has 27 heavy (non-hydrogen) atoms. The molecule has 1 aromatic carbocycles. The van der Waals surface area contributed by atoms with Gasteiger partial charge in [0, 0.05) is 32.0 Å². The molecule has 0 radical (unpaired) electrons. The molecule has 2 saturated heterocycles. The second kappa shape index (κ2) is 7.38. The van der Waals surface area contributed by atoms with Crippen molar-refractivity contribution in [2.45, 2.75) is 25.6 Å². The second-order valence-corrected chi connectivity index (χ2v) is 6.95. The molecule has 0 saturated carbocycles. The summed E-state index contributed by atoms with van der Waals surface area (Å²) in [5.41, 5.74) is -0.240. The van der Waals surface area contributed by atoms with Crippen LogP contribution in [0.3, 0.4) is 0 Å². The summed E-state index contributed by atoms with van der Waals surface area (Å²) >= 11 is 0. The fraction of sp³-hybridized carbons (Fsp3) is 0.556. The minimum Gasteiger partial charge on any atom is -0.481 e. The van der Waals surface area contributed by atoms with Gasteiger partial charge in [0.1, 0.15) is 5.75 Å². The van der Waals surface area contributed by atoms with Gasteiger partial charge in [0.15, 0.2) is 0 Å². The van der Waals surface area contributed by atoms with E-state index >= 15 is 0 Å². The number of alkyl halides is 3. The quantitative estimate of drug-likeness (QED) is 0.840. The van der Waals surface area contributed by atoms with Crippen LogP contribution in [0, 0.1) is 11.3 Å². The number of nitrogens with zero attached hydrogens (tertiary/aromatic N) is 1. The minimum atomic E-state index is -4.74. The number of rotatable bonds is 5. The van der Waals surface area contributed by atoms with Crippen molar-refractivity contribution < 1.29 is 37.3 Å². The first-order chi connectivity index (χ1) is 12.7. The Morgan fingerprint density at radius 1 is 1.30 bits per heavy atom. The van der Waals surface area contributed by atoms with Gasteiger partial charge < -0.3 is 19.5 Å². The number of carbonyl (C=O) groups is 2. The van der Waals surface area contributed by atoms with Gasteiger partial charge in [0.2, 0.25) is 5.91 Å². The van der Waals surface area contributed by atoms with Crippen LogP contribution in [-0.4, -0.2) is 54.5 Å². The van der Waals surface area contributed by atoms with Crippen LogP contribution in [0.5, 0.6) is 5.75 Å². The lowest BCUT2D eigenvalue weighted by atomic mass is 9.74. The number of carboxylic acids is 1. The summed E-state index contributed by atoms with van der Waals surface area (Å²) in [6.07, 6.45) is -3.85. The standard InChI is InChI=1S/C18H20F3NO5/c19-18(20,21)27-14-4-1-12(2-5-14)3-6-15(23)22-9-13-10-26-8-7-17(13,11-22)16(24)25/h1-2,4-5,13H,3,6-11H2,(H,24,25)/t13-,17+/m0/s1. The van der Waals surface area contributed by atoms with Gasteiger partial charge in [-0.15, -0.1) is 13.2 Å². The normalized spacial score (nSPS) is 25.1. The highest BCUT2D eigenvalue weighted by molar-refractivity contribution is 5.81. The summed E-state index contributed by atoms with van der Waals surface area (Å²) in [6, 6.07) is 5.36. The van der Waals surface area contributed by atoms with Gasteiger partial charge in [-0.25, -0.2) is 0 Å². The number of fused-ring (bicyclic) bond motifs is 1. The molecule has 0 aromatic heterocycles. The van der Waals surface area contributed by atoms with Crippen molar-refractivity contribution in [1.82, 2.24) is 4.90 Å². The molecule has 1 N–H and O–H groups in total. The Kier molecular flexibility index (Phi) is 5.32. The Balaban J connectivity index is 1.56. The fourth-order valence-electron chi connectivity index (χ4n) is 3.76. The predicted molar refractivity (Wildman–Crippen MR) is 87.0 cm³/mol. The summed E-state index contributed by atoms with van der Waals surface area (Å²) < 4.78 is 45.7. The fourth-order valence-corrected chi connectivity index (χ4v) is 3.76. The highest BCUT2D eigenvalue weighted by Gasteiger charge is 2.54. The van der Waals surface area contributed by atoms with Crippen molar-refractivity contribution >= 4 is 11.9 Å². The van der Waals surface area contributed by atoms with Crippen LogP contribution in [0.1, 0.15) is 18.4 Å². The maximum absolute atomic E-state index is 12.5. The van der Waals surface area contributed by atoms with E-state index in [0.29, 0.717) is 38.2 Å². The molecule has 0 aliphatic carbocycles. The van der Waals surface area contributed by atoms with Crippen molar-refractivity contribution in [1.29, 1.82) is 0 Å². The Hall–Kier alpha value is -2.29. The molecule has 0 bridgehead atoms. The minimum absolute atomic E-state index is 0.156. The molecule has 148 valence electrons. The number of hydrogen-bond acceptors (Lipinski definition) is 4. The monoisotopic (exact) mass is 387 g/mol. The molecule has 9 heteroatoms. The SMILES string of the molecule is O=C(CCc1ccc(OC(F)(F)F)cc1)N1C[C@H]2COCC[C@@]2(C(=O)O)C1. The van der Waals surface area contributed by atoms with E-state index in [-0.39, 0.29) is 30.5 Å². The zero-order valence-corrected chi connectivity index (χ0v) is 14.5. The highest BCUT2D eigenvalue weighted by atomic mass is 19.4. The average molecular weight is 387 g/mol. The predicted octanol–water partition coefficient (Wildman–Crippen LogP) is 2.47. The summed E-state index contributed by atoms with van der Waals surface area (Å²) in [6.45, 7) is 1.23. The first kappa shape index (κ1) is 19.5. The molecular weight excluding hydrogens is 367 g/mol. The summed E-state index contributed by atoms with van der Waals surface area (Å²) in [7, 11) is 0. The number of likely N-dealkylation sites (tertiary alicyclic amines) is 1. The van der Waals surface area contributed by atoms with Crippen molar-refractivity contribution in [2.75, 3.05) is 26.3 Å². The van der Waals surface area contributed by atoms with E-state index in [9.17, 15) is 27.9 Å². The molecule has 2 aliphatic rings. The third-order valence-electron chi connectivity index (χ3n) is 5.27. The zero-order valence-electron chi connectivity index (χ0n) is 14.5. The Labute approximate surface area is 153 Å². The van der Waals surface area contributed by atoms with E-state index in [4.69, 9.17) is 4.74 Å². The van der Waals surface area contributed by atoms with Crippen LogP contribution in [0.2, 0.25) is 0 Å². The molecule has 2 atom stereocenters. The van der Waals surface area contributed by atoms with Crippen LogP contribution in [0.25, 0.3) is 0 Å². The lowest BCUT2D eigenvalue weighted by molar-refractivity contribution is -0.274. The number of carbonyl (C=O) groups excluding carboxylic acids is 1. The lowest BCUT2D eigenvalue weighted by Crippen LogP contribution is -2.45. The maximum Gasteiger partial charge on any atom is 0.573 e. The molecule has 2 heterocycles. The molecule has 6 nitrogen and oxygen atoms in total. The molecule has 0 unspecified atom stereocenters. The molecule has 1 aromatic rings. The number of ether oxygens (including phenoxy) is 2. The summed E-state index contributed by atoms with van der Waals surface area (Å²) in [5, 5.41) is 9.63. The van der Waals surface area contributed by atoms with E-state index in [0.717, 1.165) is 0 Å². The van der Waals surface area contributed by atoms with Crippen LogP contribution in [0.15, 0.2) is 24.3 Å². The van der Waals surface area contributed by atoms with Gasteiger partial charge in [-0.05, 0) is 30.5 Å². The largest absolute Gasteiger partial charge is 0.573 e. The first-order valence-corrected chi connectivity index (χ1v) is 8.63. The van der Waals surface area contributed by atoms with Crippen LogP contribution in [0.4, 0.5) is 13.2 Å². The van der Waals surface area contributed by atoms with Crippen molar-refractivity contribution in [2.24, 2.45) is 11.3 Å². The van der Waals surface area contributed by atoms with Crippen LogP contribution >= 0.6 is 0 Å². The molecule has 1 amide bonds. The van der Waals surface area contributed by atoms with E-state index in [1.165, 1.54) is 24.3 Å². The van der Waals surface area contributed by atoms with Gasteiger partial charge in [-0.1, -0.05) is 12.1 Å². The molecule has 0 spiro atoms. The van der Waals surface area contributed by atoms with Gasteiger partial charge >= 0.3 is 12.3 Å². The van der Waals surface area contributed by atoms with E-state index in [1.54, 1.807) is 4.90 Å². The van der Waals surface area contributed by atoms with Crippen molar-refractivity contribution in [3.8, 4) is 5.75 Å². The van der Waals surface area contributed by atoms with Gasteiger partial charge in [-0.3, -0.25) is 9.59 Å². The third-order valence-corrected chi connectivity index (χ3v) is 5.27.